The predicted molar refractivity (Wildman–Crippen MR) is 75.6 cm³/mol. The molecule has 0 saturated carbocycles. The summed E-state index contributed by atoms with van der Waals surface area (Å²) in [7, 11) is 0. The monoisotopic (exact) mass is 226 g/mol. The lowest BCUT2D eigenvalue weighted by Gasteiger charge is -2.34. The highest BCUT2D eigenvalue weighted by molar-refractivity contribution is 4.77. The molecule has 0 spiro atoms. The predicted octanol–water partition coefficient (Wildman–Crippen LogP) is 5.77. The third-order valence-electron chi connectivity index (χ3n) is 4.58. The van der Waals surface area contributed by atoms with E-state index in [9.17, 15) is 0 Å². The van der Waals surface area contributed by atoms with Gasteiger partial charge in [0, 0.05) is 0 Å². The SMILES string of the molecule is CCCC(C)(C)CC(C)C(C)C(C)C(C)C. The molecule has 3 atom stereocenters. The first-order valence-corrected chi connectivity index (χ1v) is 7.21. The van der Waals surface area contributed by atoms with Gasteiger partial charge >= 0.3 is 0 Å². The highest BCUT2D eigenvalue weighted by Crippen LogP contribution is 2.36. The van der Waals surface area contributed by atoms with Crippen molar-refractivity contribution in [3.63, 3.8) is 0 Å². The van der Waals surface area contributed by atoms with Crippen LogP contribution in [-0.4, -0.2) is 0 Å². The van der Waals surface area contributed by atoms with Gasteiger partial charge in [0.1, 0.15) is 0 Å². The van der Waals surface area contributed by atoms with Crippen LogP contribution >= 0.6 is 0 Å². The quantitative estimate of drug-likeness (QED) is 0.517. The first-order chi connectivity index (χ1) is 7.21. The second-order valence-electron chi connectivity index (χ2n) is 7.06. The van der Waals surface area contributed by atoms with Crippen LogP contribution in [0.1, 0.15) is 74.7 Å². The molecule has 3 unspecified atom stereocenters. The van der Waals surface area contributed by atoms with Gasteiger partial charge in [0.25, 0.3) is 0 Å². The Kier molecular flexibility index (Phi) is 6.67. The lowest BCUT2D eigenvalue weighted by atomic mass is 9.71. The van der Waals surface area contributed by atoms with Crippen molar-refractivity contribution < 1.29 is 0 Å². The number of rotatable bonds is 7. The summed E-state index contributed by atoms with van der Waals surface area (Å²) in [6.07, 6.45) is 4.05. The van der Waals surface area contributed by atoms with Crippen molar-refractivity contribution in [2.24, 2.45) is 29.1 Å². The van der Waals surface area contributed by atoms with Gasteiger partial charge in [0.2, 0.25) is 0 Å². The molecule has 0 saturated heterocycles. The molecule has 0 aliphatic rings. The third kappa shape index (κ3) is 5.37. The molecule has 0 aromatic carbocycles. The molecular formula is C16H34. The molecule has 0 heterocycles. The van der Waals surface area contributed by atoms with E-state index in [1.54, 1.807) is 0 Å². The van der Waals surface area contributed by atoms with Crippen molar-refractivity contribution in [2.45, 2.75) is 74.7 Å². The molecule has 0 aromatic rings. The molecule has 0 heteroatoms. The Bertz CT molecular complexity index is 178. The molecule has 16 heavy (non-hydrogen) atoms. The van der Waals surface area contributed by atoms with Crippen LogP contribution in [0.4, 0.5) is 0 Å². The molecule has 0 aliphatic carbocycles. The summed E-state index contributed by atoms with van der Waals surface area (Å²) in [6, 6.07) is 0. The molecule has 0 amide bonds. The van der Waals surface area contributed by atoms with Crippen molar-refractivity contribution in [1.82, 2.24) is 0 Å². The molecular weight excluding hydrogens is 192 g/mol. The molecule has 0 N–H and O–H groups in total. The molecule has 0 aliphatic heterocycles. The smallest absolute Gasteiger partial charge is 0.0352 e. The fourth-order valence-electron chi connectivity index (χ4n) is 2.96. The summed E-state index contributed by atoms with van der Waals surface area (Å²) < 4.78 is 0. The van der Waals surface area contributed by atoms with E-state index < -0.39 is 0 Å². The van der Waals surface area contributed by atoms with Crippen LogP contribution in [-0.2, 0) is 0 Å². The lowest BCUT2D eigenvalue weighted by Crippen LogP contribution is -2.25. The van der Waals surface area contributed by atoms with E-state index in [0.29, 0.717) is 5.41 Å². The van der Waals surface area contributed by atoms with Crippen LogP contribution in [0.3, 0.4) is 0 Å². The van der Waals surface area contributed by atoms with Gasteiger partial charge in [0.15, 0.2) is 0 Å². The Morgan fingerprint density at radius 2 is 1.38 bits per heavy atom. The van der Waals surface area contributed by atoms with Crippen molar-refractivity contribution in [2.75, 3.05) is 0 Å². The van der Waals surface area contributed by atoms with Crippen LogP contribution in [0, 0.1) is 29.1 Å². The molecule has 0 radical (unpaired) electrons. The normalized spacial score (nSPS) is 18.6. The maximum atomic E-state index is 2.45. The summed E-state index contributed by atoms with van der Waals surface area (Å²) in [6.45, 7) is 19.2. The molecule has 0 bridgehead atoms. The zero-order valence-corrected chi connectivity index (χ0v) is 12.9. The third-order valence-corrected chi connectivity index (χ3v) is 4.58. The largest absolute Gasteiger partial charge is 0.0654 e. The van der Waals surface area contributed by atoms with E-state index in [-0.39, 0.29) is 0 Å². The minimum absolute atomic E-state index is 0.527. The van der Waals surface area contributed by atoms with Gasteiger partial charge < -0.3 is 0 Å². The van der Waals surface area contributed by atoms with Crippen LogP contribution in [0.5, 0.6) is 0 Å². The van der Waals surface area contributed by atoms with E-state index >= 15 is 0 Å². The fraction of sp³-hybridized carbons (Fsp3) is 1.00. The summed E-state index contributed by atoms with van der Waals surface area (Å²) in [5, 5.41) is 0. The minimum atomic E-state index is 0.527. The zero-order chi connectivity index (χ0) is 12.9. The van der Waals surface area contributed by atoms with E-state index in [0.717, 1.165) is 23.7 Å². The summed E-state index contributed by atoms with van der Waals surface area (Å²) in [5.41, 5.74) is 0.527. The zero-order valence-electron chi connectivity index (χ0n) is 12.9. The molecule has 0 nitrogen and oxygen atoms in total. The Balaban J connectivity index is 4.29. The van der Waals surface area contributed by atoms with E-state index in [2.05, 4.69) is 55.4 Å². The van der Waals surface area contributed by atoms with Gasteiger partial charge in [-0.2, -0.15) is 0 Å². The Morgan fingerprint density at radius 1 is 0.875 bits per heavy atom. The molecule has 98 valence electrons. The molecule has 0 rings (SSSR count). The first-order valence-electron chi connectivity index (χ1n) is 7.21. The van der Waals surface area contributed by atoms with Crippen LogP contribution in [0.15, 0.2) is 0 Å². The second kappa shape index (κ2) is 6.67. The van der Waals surface area contributed by atoms with Crippen LogP contribution in [0.2, 0.25) is 0 Å². The summed E-state index contributed by atoms with van der Waals surface area (Å²) in [5.74, 6) is 3.34. The molecule has 0 fully saturated rings. The Hall–Kier alpha value is 0. The van der Waals surface area contributed by atoms with Crippen molar-refractivity contribution in [1.29, 1.82) is 0 Å². The summed E-state index contributed by atoms with van der Waals surface area (Å²) >= 11 is 0. The summed E-state index contributed by atoms with van der Waals surface area (Å²) in [4.78, 5) is 0. The highest BCUT2D eigenvalue weighted by atomic mass is 14.3. The average molecular weight is 226 g/mol. The van der Waals surface area contributed by atoms with Gasteiger partial charge in [-0.1, -0.05) is 61.8 Å². The second-order valence-corrected chi connectivity index (χ2v) is 7.06. The highest BCUT2D eigenvalue weighted by Gasteiger charge is 2.27. The standard InChI is InChI=1S/C16H34/c1-9-10-16(7,8)11-13(4)15(6)14(5)12(2)3/h12-15H,9-11H2,1-8H3. The van der Waals surface area contributed by atoms with Gasteiger partial charge in [-0.15, -0.1) is 0 Å². The Labute approximate surface area is 104 Å². The van der Waals surface area contributed by atoms with Gasteiger partial charge in [-0.25, -0.2) is 0 Å². The first kappa shape index (κ1) is 16.0. The maximum absolute atomic E-state index is 2.45. The van der Waals surface area contributed by atoms with E-state index in [4.69, 9.17) is 0 Å². The van der Waals surface area contributed by atoms with Crippen molar-refractivity contribution in [3.8, 4) is 0 Å². The van der Waals surface area contributed by atoms with Gasteiger partial charge in [-0.3, -0.25) is 0 Å². The Morgan fingerprint density at radius 3 is 1.75 bits per heavy atom. The van der Waals surface area contributed by atoms with Gasteiger partial charge in [0.05, 0.1) is 0 Å². The number of hydrogen-bond acceptors (Lipinski definition) is 0. The van der Waals surface area contributed by atoms with E-state index in [1.165, 1.54) is 19.3 Å². The number of hydrogen-bond donors (Lipinski definition) is 0. The van der Waals surface area contributed by atoms with Crippen LogP contribution in [0.25, 0.3) is 0 Å². The topological polar surface area (TPSA) is 0 Å². The van der Waals surface area contributed by atoms with Crippen molar-refractivity contribution in [3.05, 3.63) is 0 Å². The fourth-order valence-corrected chi connectivity index (χ4v) is 2.96. The van der Waals surface area contributed by atoms with Crippen LogP contribution < -0.4 is 0 Å². The van der Waals surface area contributed by atoms with Gasteiger partial charge in [-0.05, 0) is 41.9 Å². The van der Waals surface area contributed by atoms with E-state index in [1.807, 2.05) is 0 Å². The lowest BCUT2D eigenvalue weighted by molar-refractivity contribution is 0.158. The molecule has 0 aromatic heterocycles. The van der Waals surface area contributed by atoms with Crippen molar-refractivity contribution >= 4 is 0 Å². The minimum Gasteiger partial charge on any atom is -0.0654 e. The average Bonchev–Trinajstić information content (AvgIpc) is 2.14. The maximum Gasteiger partial charge on any atom is -0.0352 e.